The van der Waals surface area contributed by atoms with Crippen LogP contribution in [0.25, 0.3) is 0 Å². The van der Waals surface area contributed by atoms with Crippen LogP contribution in [0.15, 0.2) is 18.2 Å². The summed E-state index contributed by atoms with van der Waals surface area (Å²) >= 11 is 6.15. The molecule has 1 unspecified atom stereocenters. The van der Waals surface area contributed by atoms with E-state index < -0.39 is 0 Å². The van der Waals surface area contributed by atoms with Gasteiger partial charge in [-0.1, -0.05) is 17.7 Å². The second-order valence-electron chi connectivity index (χ2n) is 4.63. The number of nitrogens with one attached hydrogen (secondary N) is 1. The Hall–Kier alpha value is -1.06. The topological polar surface area (TPSA) is 32.3 Å². The highest BCUT2D eigenvalue weighted by Crippen LogP contribution is 2.34. The molecule has 2 aliphatic rings. The maximum atomic E-state index is 12.3. The Morgan fingerprint density at radius 3 is 3.12 bits per heavy atom. The highest BCUT2D eigenvalue weighted by molar-refractivity contribution is 6.32. The number of halogens is 1. The first-order valence-electron chi connectivity index (χ1n) is 6.09. The van der Waals surface area contributed by atoms with Gasteiger partial charge in [-0.3, -0.25) is 4.79 Å². The average Bonchev–Trinajstić information content (AvgIpc) is 2.98. The fourth-order valence-electron chi connectivity index (χ4n) is 2.70. The van der Waals surface area contributed by atoms with Crippen molar-refractivity contribution in [1.82, 2.24) is 5.32 Å². The molecule has 0 saturated carbocycles. The van der Waals surface area contributed by atoms with Gasteiger partial charge in [0.1, 0.15) is 0 Å². The maximum absolute atomic E-state index is 12.3. The molecule has 0 bridgehead atoms. The van der Waals surface area contributed by atoms with Crippen molar-refractivity contribution in [2.24, 2.45) is 0 Å². The summed E-state index contributed by atoms with van der Waals surface area (Å²) in [6, 6.07) is 5.79. The van der Waals surface area contributed by atoms with Gasteiger partial charge in [-0.25, -0.2) is 0 Å². The number of benzene rings is 1. The number of fused-ring (bicyclic) bond motifs is 1. The summed E-state index contributed by atoms with van der Waals surface area (Å²) in [6.45, 7) is 1.71. The molecule has 1 saturated heterocycles. The van der Waals surface area contributed by atoms with Crippen LogP contribution in [0.2, 0.25) is 5.02 Å². The van der Waals surface area contributed by atoms with Crippen molar-refractivity contribution in [3.63, 3.8) is 0 Å². The summed E-state index contributed by atoms with van der Waals surface area (Å²) in [5.74, 6) is 0.198. The van der Waals surface area contributed by atoms with Gasteiger partial charge in [0.2, 0.25) is 5.91 Å². The predicted octanol–water partition coefficient (Wildman–Crippen LogP) is 1.98. The van der Waals surface area contributed by atoms with Gasteiger partial charge in [0.15, 0.2) is 0 Å². The fourth-order valence-corrected chi connectivity index (χ4v) is 2.97. The minimum atomic E-state index is -0.0000633. The summed E-state index contributed by atoms with van der Waals surface area (Å²) in [7, 11) is 0. The molecule has 90 valence electrons. The Kier molecular flexibility index (Phi) is 2.81. The van der Waals surface area contributed by atoms with Gasteiger partial charge < -0.3 is 10.2 Å². The zero-order valence-corrected chi connectivity index (χ0v) is 10.3. The Balaban J connectivity index is 1.88. The van der Waals surface area contributed by atoms with Gasteiger partial charge in [0, 0.05) is 17.3 Å². The van der Waals surface area contributed by atoms with Crippen molar-refractivity contribution in [2.45, 2.75) is 25.3 Å². The van der Waals surface area contributed by atoms with Crippen molar-refractivity contribution < 1.29 is 4.79 Å². The van der Waals surface area contributed by atoms with Gasteiger partial charge >= 0.3 is 0 Å². The quantitative estimate of drug-likeness (QED) is 0.827. The number of rotatable bonds is 1. The van der Waals surface area contributed by atoms with Gasteiger partial charge in [-0.15, -0.1) is 0 Å². The molecule has 17 heavy (non-hydrogen) atoms. The SMILES string of the molecule is O=C(C1CCCN1)N1CCc2c(Cl)cccc21. The molecule has 1 fully saturated rings. The highest BCUT2D eigenvalue weighted by atomic mass is 35.5. The molecule has 0 spiro atoms. The molecule has 0 aromatic heterocycles. The number of carbonyl (C=O) groups excluding carboxylic acids is 1. The summed E-state index contributed by atoms with van der Waals surface area (Å²) in [5.41, 5.74) is 2.11. The van der Waals surface area contributed by atoms with Gasteiger partial charge in [-0.05, 0) is 43.5 Å². The van der Waals surface area contributed by atoms with Gasteiger partial charge in [0.25, 0.3) is 0 Å². The number of nitrogens with zero attached hydrogens (tertiary/aromatic N) is 1. The van der Waals surface area contributed by atoms with E-state index in [9.17, 15) is 4.79 Å². The lowest BCUT2D eigenvalue weighted by Crippen LogP contribution is -2.42. The average molecular weight is 251 g/mol. The van der Waals surface area contributed by atoms with Crippen molar-refractivity contribution in [2.75, 3.05) is 18.0 Å². The van der Waals surface area contributed by atoms with Crippen molar-refractivity contribution in [3.05, 3.63) is 28.8 Å². The van der Waals surface area contributed by atoms with E-state index in [0.717, 1.165) is 48.6 Å². The van der Waals surface area contributed by atoms with E-state index in [1.165, 1.54) is 0 Å². The monoisotopic (exact) mass is 250 g/mol. The smallest absolute Gasteiger partial charge is 0.244 e. The molecular formula is C13H15ClN2O. The molecule has 4 heteroatoms. The maximum Gasteiger partial charge on any atom is 0.244 e. The van der Waals surface area contributed by atoms with E-state index in [1.807, 2.05) is 23.1 Å². The molecule has 3 nitrogen and oxygen atoms in total. The van der Waals surface area contributed by atoms with Crippen LogP contribution >= 0.6 is 11.6 Å². The zero-order valence-electron chi connectivity index (χ0n) is 9.58. The van der Waals surface area contributed by atoms with Gasteiger partial charge in [-0.2, -0.15) is 0 Å². The molecule has 2 heterocycles. The standard InChI is InChI=1S/C13H15ClN2O/c14-10-3-1-5-12-9(10)6-8-16(12)13(17)11-4-2-7-15-11/h1,3,5,11,15H,2,4,6-8H2. The first kappa shape index (κ1) is 11.1. The Morgan fingerprint density at radius 1 is 1.47 bits per heavy atom. The molecule has 2 aliphatic heterocycles. The lowest BCUT2D eigenvalue weighted by Gasteiger charge is -2.21. The van der Waals surface area contributed by atoms with E-state index in [1.54, 1.807) is 0 Å². The Morgan fingerprint density at radius 2 is 2.35 bits per heavy atom. The highest BCUT2D eigenvalue weighted by Gasteiger charge is 2.32. The number of carbonyl (C=O) groups is 1. The van der Waals surface area contributed by atoms with E-state index in [-0.39, 0.29) is 11.9 Å². The third-order valence-electron chi connectivity index (χ3n) is 3.59. The lowest BCUT2D eigenvalue weighted by molar-refractivity contribution is -0.120. The molecule has 1 aromatic rings. The summed E-state index contributed by atoms with van der Waals surface area (Å²) in [6.07, 6.45) is 2.91. The third kappa shape index (κ3) is 1.83. The van der Waals surface area contributed by atoms with Gasteiger partial charge in [0.05, 0.1) is 6.04 Å². The van der Waals surface area contributed by atoms with Crippen molar-refractivity contribution >= 4 is 23.2 Å². The number of hydrogen-bond acceptors (Lipinski definition) is 2. The second kappa shape index (κ2) is 4.31. The normalized spacial score (nSPS) is 22.9. The molecule has 3 rings (SSSR count). The van der Waals surface area contributed by atoms with Crippen molar-refractivity contribution in [3.8, 4) is 0 Å². The Bertz CT molecular complexity index is 455. The van der Waals surface area contributed by atoms with Crippen LogP contribution in [0.1, 0.15) is 18.4 Å². The predicted molar refractivity (Wildman–Crippen MR) is 68.5 cm³/mol. The van der Waals surface area contributed by atoms with Crippen molar-refractivity contribution in [1.29, 1.82) is 0 Å². The fraction of sp³-hybridized carbons (Fsp3) is 0.462. The van der Waals surface area contributed by atoms with E-state index in [2.05, 4.69) is 5.32 Å². The minimum absolute atomic E-state index is 0.0000633. The van der Waals surface area contributed by atoms with Crippen LogP contribution in [0.5, 0.6) is 0 Å². The zero-order chi connectivity index (χ0) is 11.8. The molecule has 0 aliphatic carbocycles. The van der Waals surface area contributed by atoms with Crippen LogP contribution in [-0.4, -0.2) is 25.0 Å². The van der Waals surface area contributed by atoms with Crippen LogP contribution in [0.3, 0.4) is 0 Å². The van der Waals surface area contributed by atoms with E-state index in [4.69, 9.17) is 11.6 Å². The number of hydrogen-bond donors (Lipinski definition) is 1. The summed E-state index contributed by atoms with van der Waals surface area (Å²) in [5, 5.41) is 4.03. The first-order valence-corrected chi connectivity index (χ1v) is 6.47. The molecule has 1 atom stereocenters. The Labute approximate surface area is 106 Å². The molecule has 1 aromatic carbocycles. The number of anilines is 1. The lowest BCUT2D eigenvalue weighted by atomic mass is 10.1. The largest absolute Gasteiger partial charge is 0.310 e. The summed E-state index contributed by atoms with van der Waals surface area (Å²) in [4.78, 5) is 14.2. The molecule has 1 N–H and O–H groups in total. The molecule has 1 amide bonds. The molecule has 0 radical (unpaired) electrons. The van der Waals surface area contributed by atoms with Crippen LogP contribution < -0.4 is 10.2 Å². The minimum Gasteiger partial charge on any atom is -0.310 e. The van der Waals surface area contributed by atoms with E-state index >= 15 is 0 Å². The first-order chi connectivity index (χ1) is 8.27. The van der Waals surface area contributed by atoms with E-state index in [0.29, 0.717) is 0 Å². The third-order valence-corrected chi connectivity index (χ3v) is 3.95. The van der Waals surface area contributed by atoms with Crippen LogP contribution in [0.4, 0.5) is 5.69 Å². The number of amides is 1. The van der Waals surface area contributed by atoms with Crippen LogP contribution in [-0.2, 0) is 11.2 Å². The van der Waals surface area contributed by atoms with Crippen LogP contribution in [0, 0.1) is 0 Å². The molecular weight excluding hydrogens is 236 g/mol. The summed E-state index contributed by atoms with van der Waals surface area (Å²) < 4.78 is 0. The second-order valence-corrected chi connectivity index (χ2v) is 5.03.